The summed E-state index contributed by atoms with van der Waals surface area (Å²) in [6.07, 6.45) is 3.47. The molecule has 0 aliphatic rings. The molecule has 3 heteroatoms. The molecule has 0 rings (SSSR count). The van der Waals surface area contributed by atoms with Crippen LogP contribution in [0.25, 0.3) is 0 Å². The highest BCUT2D eigenvalue weighted by atomic mass is 16.5. The molecule has 0 radical (unpaired) electrons. The van der Waals surface area contributed by atoms with Gasteiger partial charge in [0.2, 0.25) is 0 Å². The van der Waals surface area contributed by atoms with Crippen LogP contribution in [0.1, 0.15) is 33.1 Å². The zero-order valence-electron chi connectivity index (χ0n) is 9.80. The molecule has 0 aliphatic carbocycles. The second-order valence-electron chi connectivity index (χ2n) is 3.49. The van der Waals surface area contributed by atoms with E-state index in [0.29, 0.717) is 0 Å². The first-order valence-electron chi connectivity index (χ1n) is 5.85. The summed E-state index contributed by atoms with van der Waals surface area (Å²) in [5, 5.41) is 0. The van der Waals surface area contributed by atoms with Crippen LogP contribution in [-0.2, 0) is 4.74 Å². The molecule has 0 aliphatic heterocycles. The van der Waals surface area contributed by atoms with Gasteiger partial charge in [-0.05, 0) is 38.9 Å². The lowest BCUT2D eigenvalue weighted by molar-refractivity contribution is 0.104. The molecule has 86 valence electrons. The quantitative estimate of drug-likeness (QED) is 0.545. The lowest BCUT2D eigenvalue weighted by atomic mass is 10.2. The van der Waals surface area contributed by atoms with E-state index in [2.05, 4.69) is 18.7 Å². The van der Waals surface area contributed by atoms with E-state index in [9.17, 15) is 0 Å². The average Bonchev–Trinajstić information content (AvgIpc) is 2.22. The van der Waals surface area contributed by atoms with Crippen LogP contribution in [0.15, 0.2) is 0 Å². The molecule has 0 aromatic heterocycles. The molecule has 14 heavy (non-hydrogen) atoms. The first-order valence-corrected chi connectivity index (χ1v) is 5.85. The molecule has 2 N–H and O–H groups in total. The van der Waals surface area contributed by atoms with Crippen LogP contribution < -0.4 is 5.73 Å². The van der Waals surface area contributed by atoms with E-state index in [1.54, 1.807) is 0 Å². The van der Waals surface area contributed by atoms with Gasteiger partial charge in [0.05, 0.1) is 6.61 Å². The highest BCUT2D eigenvalue weighted by Crippen LogP contribution is 1.94. The van der Waals surface area contributed by atoms with Gasteiger partial charge >= 0.3 is 0 Å². The minimum Gasteiger partial charge on any atom is -0.380 e. The van der Waals surface area contributed by atoms with Crippen molar-refractivity contribution in [3.05, 3.63) is 0 Å². The van der Waals surface area contributed by atoms with E-state index in [1.807, 2.05) is 0 Å². The molecular formula is C11H26N2O. The van der Waals surface area contributed by atoms with E-state index < -0.39 is 0 Å². The minimum atomic E-state index is 0.805. The van der Waals surface area contributed by atoms with Gasteiger partial charge in [-0.3, -0.25) is 0 Å². The van der Waals surface area contributed by atoms with Gasteiger partial charge in [-0.2, -0.15) is 0 Å². The maximum absolute atomic E-state index is 5.53. The molecule has 0 unspecified atom stereocenters. The molecule has 0 heterocycles. The Morgan fingerprint density at radius 1 is 1.00 bits per heavy atom. The highest BCUT2D eigenvalue weighted by molar-refractivity contribution is 4.50. The summed E-state index contributed by atoms with van der Waals surface area (Å²) in [5.74, 6) is 0. The predicted molar refractivity (Wildman–Crippen MR) is 61.5 cm³/mol. The SMILES string of the molecule is CCN(CC)CCOCCCCCN. The summed E-state index contributed by atoms with van der Waals surface area (Å²) < 4.78 is 5.53. The van der Waals surface area contributed by atoms with E-state index in [1.165, 1.54) is 6.42 Å². The van der Waals surface area contributed by atoms with Crippen molar-refractivity contribution in [1.29, 1.82) is 0 Å². The number of rotatable bonds is 10. The Labute approximate surface area is 88.6 Å². The standard InChI is InChI=1S/C11H26N2O/c1-3-13(4-2)9-11-14-10-7-5-6-8-12/h3-12H2,1-2H3. The normalized spacial score (nSPS) is 11.1. The molecule has 3 nitrogen and oxygen atoms in total. The lowest BCUT2D eigenvalue weighted by Crippen LogP contribution is -2.27. The second-order valence-corrected chi connectivity index (χ2v) is 3.49. The van der Waals surface area contributed by atoms with Crippen LogP contribution >= 0.6 is 0 Å². The highest BCUT2D eigenvalue weighted by Gasteiger charge is 1.97. The number of nitrogens with two attached hydrogens (primary N) is 1. The second kappa shape index (κ2) is 11.0. The average molecular weight is 202 g/mol. The molecule has 0 saturated carbocycles. The summed E-state index contributed by atoms with van der Waals surface area (Å²) in [5.41, 5.74) is 5.40. The molecule has 0 amide bonds. The largest absolute Gasteiger partial charge is 0.380 e. The van der Waals surface area contributed by atoms with Gasteiger partial charge in [-0.1, -0.05) is 13.8 Å². The lowest BCUT2D eigenvalue weighted by Gasteiger charge is -2.17. The Bertz CT molecular complexity index is 105. The summed E-state index contributed by atoms with van der Waals surface area (Å²) in [6.45, 7) is 10.2. The molecular weight excluding hydrogens is 176 g/mol. The van der Waals surface area contributed by atoms with Crippen LogP contribution in [-0.4, -0.2) is 44.3 Å². The Hall–Kier alpha value is -0.120. The Morgan fingerprint density at radius 2 is 1.71 bits per heavy atom. The molecule has 0 aromatic carbocycles. The third kappa shape index (κ3) is 8.48. The number of likely N-dealkylation sites (N-methyl/N-ethyl adjacent to an activating group) is 1. The van der Waals surface area contributed by atoms with Crippen LogP contribution in [0.5, 0.6) is 0 Å². The topological polar surface area (TPSA) is 38.5 Å². The molecule has 0 atom stereocenters. The van der Waals surface area contributed by atoms with Gasteiger partial charge in [0.1, 0.15) is 0 Å². The Morgan fingerprint density at radius 3 is 2.29 bits per heavy atom. The first kappa shape index (κ1) is 13.9. The number of hydrogen-bond donors (Lipinski definition) is 1. The van der Waals surface area contributed by atoms with Gasteiger partial charge in [0.25, 0.3) is 0 Å². The van der Waals surface area contributed by atoms with E-state index >= 15 is 0 Å². The zero-order valence-corrected chi connectivity index (χ0v) is 9.80. The fourth-order valence-electron chi connectivity index (χ4n) is 1.36. The summed E-state index contributed by atoms with van der Waals surface area (Å²) in [6, 6.07) is 0. The Balaban J connectivity index is 3.04. The van der Waals surface area contributed by atoms with Gasteiger partial charge in [0.15, 0.2) is 0 Å². The maximum atomic E-state index is 5.53. The minimum absolute atomic E-state index is 0.805. The van der Waals surface area contributed by atoms with Crippen molar-refractivity contribution in [2.24, 2.45) is 5.73 Å². The third-order valence-electron chi connectivity index (χ3n) is 2.44. The third-order valence-corrected chi connectivity index (χ3v) is 2.44. The number of nitrogens with zero attached hydrogens (tertiary/aromatic N) is 1. The van der Waals surface area contributed by atoms with Gasteiger partial charge in [0, 0.05) is 13.2 Å². The molecule has 0 saturated heterocycles. The monoisotopic (exact) mass is 202 g/mol. The molecule has 0 spiro atoms. The predicted octanol–water partition coefficient (Wildman–Crippen LogP) is 1.47. The smallest absolute Gasteiger partial charge is 0.0593 e. The van der Waals surface area contributed by atoms with Crippen molar-refractivity contribution in [3.63, 3.8) is 0 Å². The van der Waals surface area contributed by atoms with Crippen molar-refractivity contribution in [2.75, 3.05) is 39.4 Å². The summed E-state index contributed by atoms with van der Waals surface area (Å²) >= 11 is 0. The van der Waals surface area contributed by atoms with Gasteiger partial charge < -0.3 is 15.4 Å². The van der Waals surface area contributed by atoms with Crippen molar-refractivity contribution in [3.8, 4) is 0 Å². The fourth-order valence-corrected chi connectivity index (χ4v) is 1.36. The van der Waals surface area contributed by atoms with Gasteiger partial charge in [-0.25, -0.2) is 0 Å². The summed E-state index contributed by atoms with van der Waals surface area (Å²) in [7, 11) is 0. The van der Waals surface area contributed by atoms with Gasteiger partial charge in [-0.15, -0.1) is 0 Å². The number of ether oxygens (including phenoxy) is 1. The van der Waals surface area contributed by atoms with Crippen LogP contribution in [0.2, 0.25) is 0 Å². The van der Waals surface area contributed by atoms with Crippen molar-refractivity contribution < 1.29 is 4.74 Å². The van der Waals surface area contributed by atoms with Crippen molar-refractivity contribution in [2.45, 2.75) is 33.1 Å². The van der Waals surface area contributed by atoms with Crippen molar-refractivity contribution in [1.82, 2.24) is 4.90 Å². The first-order chi connectivity index (χ1) is 6.85. The van der Waals surface area contributed by atoms with Crippen LogP contribution in [0.4, 0.5) is 0 Å². The maximum Gasteiger partial charge on any atom is 0.0593 e. The molecule has 0 aromatic rings. The Kier molecular flexibility index (Phi) is 10.9. The van der Waals surface area contributed by atoms with E-state index in [0.717, 1.165) is 52.2 Å². The molecule has 0 fully saturated rings. The fraction of sp³-hybridized carbons (Fsp3) is 1.00. The number of unbranched alkanes of at least 4 members (excludes halogenated alkanes) is 2. The van der Waals surface area contributed by atoms with Crippen molar-refractivity contribution >= 4 is 0 Å². The van der Waals surface area contributed by atoms with E-state index in [-0.39, 0.29) is 0 Å². The molecule has 0 bridgehead atoms. The van der Waals surface area contributed by atoms with Crippen LogP contribution in [0.3, 0.4) is 0 Å². The summed E-state index contributed by atoms with van der Waals surface area (Å²) in [4.78, 5) is 2.37. The van der Waals surface area contributed by atoms with E-state index in [4.69, 9.17) is 10.5 Å². The van der Waals surface area contributed by atoms with Crippen LogP contribution in [0, 0.1) is 0 Å². The zero-order chi connectivity index (χ0) is 10.6. The number of hydrogen-bond acceptors (Lipinski definition) is 3.